The van der Waals surface area contributed by atoms with E-state index < -0.39 is 0 Å². The highest BCUT2D eigenvalue weighted by molar-refractivity contribution is 5.87. The van der Waals surface area contributed by atoms with Crippen LogP contribution in [0.5, 0.6) is 0 Å². The van der Waals surface area contributed by atoms with Crippen LogP contribution < -0.4 is 0 Å². The lowest BCUT2D eigenvalue weighted by Crippen LogP contribution is -2.65. The van der Waals surface area contributed by atoms with Crippen LogP contribution in [0.15, 0.2) is 36.4 Å². The molecule has 36 heavy (non-hydrogen) atoms. The molecule has 0 saturated heterocycles. The fourth-order valence-electron chi connectivity index (χ4n) is 10.6. The molecule has 0 heterocycles. The molecule has 1 aromatic carbocycles. The fraction of sp³-hybridized carbons (Fsp3) is 0.735. The first-order valence-electron chi connectivity index (χ1n) is 14.9. The van der Waals surface area contributed by atoms with Gasteiger partial charge in [-0.2, -0.15) is 0 Å². The second-order valence-electron chi connectivity index (χ2n) is 14.6. The van der Waals surface area contributed by atoms with Crippen molar-refractivity contribution in [3.63, 3.8) is 0 Å². The third-order valence-corrected chi connectivity index (χ3v) is 13.0. The standard InChI is InChI=1S/C34H50O2/c1-23-17-21-33(6)26(24(23)2)14-15-28-32(5)20-19-29(31(3,4)27(32)18-22-34(28,33)7)36-30(35)16-13-25-11-9-8-10-12-25/h8-13,16,23-24,26-29H,14-15,17-22H2,1-7H3/b16-13+/t23?,24?,26-,27+,28-,29+,32+,33-,34-/m1/s1. The minimum Gasteiger partial charge on any atom is -0.459 e. The molecular weight excluding hydrogens is 440 g/mol. The van der Waals surface area contributed by atoms with Crippen molar-refractivity contribution in [2.24, 2.45) is 51.2 Å². The smallest absolute Gasteiger partial charge is 0.331 e. The van der Waals surface area contributed by atoms with E-state index in [1.807, 2.05) is 36.4 Å². The number of carbonyl (C=O) groups excluding carboxylic acids is 1. The van der Waals surface area contributed by atoms with Crippen molar-refractivity contribution in [3.8, 4) is 0 Å². The van der Waals surface area contributed by atoms with Crippen LogP contribution in [0.1, 0.15) is 105 Å². The van der Waals surface area contributed by atoms with Gasteiger partial charge in [0.15, 0.2) is 0 Å². The van der Waals surface area contributed by atoms with Gasteiger partial charge in [-0.05, 0) is 109 Å². The molecule has 0 spiro atoms. The minimum atomic E-state index is -0.195. The van der Waals surface area contributed by atoms with Gasteiger partial charge < -0.3 is 4.74 Å². The minimum absolute atomic E-state index is 0.00327. The Hall–Kier alpha value is -1.57. The Morgan fingerprint density at radius 1 is 0.833 bits per heavy atom. The zero-order chi connectivity index (χ0) is 25.9. The van der Waals surface area contributed by atoms with Crippen LogP contribution in [-0.2, 0) is 9.53 Å². The first kappa shape index (κ1) is 26.1. The molecule has 2 nitrogen and oxygen atoms in total. The van der Waals surface area contributed by atoms with E-state index in [9.17, 15) is 4.79 Å². The van der Waals surface area contributed by atoms with Crippen molar-refractivity contribution < 1.29 is 9.53 Å². The van der Waals surface area contributed by atoms with Crippen LogP contribution in [0.2, 0.25) is 0 Å². The highest BCUT2D eigenvalue weighted by Gasteiger charge is 2.68. The number of benzene rings is 1. The summed E-state index contributed by atoms with van der Waals surface area (Å²) in [6, 6.07) is 10.0. The summed E-state index contributed by atoms with van der Waals surface area (Å²) in [7, 11) is 0. The second-order valence-corrected chi connectivity index (χ2v) is 14.6. The van der Waals surface area contributed by atoms with Crippen LogP contribution in [0, 0.1) is 51.2 Å². The molecular formula is C34H50O2. The number of carbonyl (C=O) groups is 1. The second kappa shape index (κ2) is 9.02. The largest absolute Gasteiger partial charge is 0.459 e. The topological polar surface area (TPSA) is 26.3 Å². The van der Waals surface area contributed by atoms with Crippen LogP contribution in [0.4, 0.5) is 0 Å². The van der Waals surface area contributed by atoms with E-state index in [0.717, 1.165) is 35.7 Å². The van der Waals surface area contributed by atoms with E-state index in [4.69, 9.17) is 4.74 Å². The zero-order valence-electron chi connectivity index (χ0n) is 24.0. The predicted octanol–water partition coefficient (Wildman–Crippen LogP) is 8.95. The van der Waals surface area contributed by atoms with Crippen molar-refractivity contribution in [3.05, 3.63) is 42.0 Å². The van der Waals surface area contributed by atoms with Crippen molar-refractivity contribution in [2.45, 2.75) is 106 Å². The summed E-state index contributed by atoms with van der Waals surface area (Å²) >= 11 is 0. The molecule has 2 unspecified atom stereocenters. The summed E-state index contributed by atoms with van der Waals surface area (Å²) in [5.41, 5.74) is 2.25. The fourth-order valence-corrected chi connectivity index (χ4v) is 10.6. The number of ether oxygens (including phenoxy) is 1. The maximum absolute atomic E-state index is 12.8. The van der Waals surface area contributed by atoms with Crippen molar-refractivity contribution in [1.29, 1.82) is 0 Å². The van der Waals surface area contributed by atoms with Crippen LogP contribution in [-0.4, -0.2) is 12.1 Å². The molecule has 0 amide bonds. The molecule has 0 aliphatic heterocycles. The van der Waals surface area contributed by atoms with Gasteiger partial charge in [-0.15, -0.1) is 0 Å². The lowest BCUT2D eigenvalue weighted by Gasteiger charge is -2.72. The Balaban J connectivity index is 1.35. The summed E-state index contributed by atoms with van der Waals surface area (Å²) in [4.78, 5) is 12.8. The molecule has 4 saturated carbocycles. The Bertz CT molecular complexity index is 994. The van der Waals surface area contributed by atoms with Gasteiger partial charge in [0.25, 0.3) is 0 Å². The van der Waals surface area contributed by atoms with Gasteiger partial charge in [0.05, 0.1) is 0 Å². The lowest BCUT2D eigenvalue weighted by atomic mass is 9.33. The van der Waals surface area contributed by atoms with Crippen LogP contribution in [0.25, 0.3) is 6.08 Å². The third kappa shape index (κ3) is 3.83. The molecule has 0 bridgehead atoms. The number of esters is 1. The van der Waals surface area contributed by atoms with Gasteiger partial charge in [-0.3, -0.25) is 0 Å². The molecule has 4 aliphatic carbocycles. The molecule has 4 aliphatic rings. The van der Waals surface area contributed by atoms with Gasteiger partial charge >= 0.3 is 5.97 Å². The normalized spacial score (nSPS) is 45.9. The van der Waals surface area contributed by atoms with E-state index in [1.54, 1.807) is 6.08 Å². The number of fused-ring (bicyclic) bond motifs is 5. The molecule has 9 atom stereocenters. The quantitative estimate of drug-likeness (QED) is 0.312. The van der Waals surface area contributed by atoms with Crippen LogP contribution in [0.3, 0.4) is 0 Å². The number of rotatable bonds is 3. The predicted molar refractivity (Wildman–Crippen MR) is 149 cm³/mol. The van der Waals surface area contributed by atoms with Crippen molar-refractivity contribution >= 4 is 12.0 Å². The Kier molecular flexibility index (Phi) is 6.53. The van der Waals surface area contributed by atoms with Gasteiger partial charge in [0.2, 0.25) is 0 Å². The van der Waals surface area contributed by atoms with Gasteiger partial charge in [-0.25, -0.2) is 4.79 Å². The SMILES string of the molecule is CC1CC[C@]2(C)[C@H](CC[C@@H]3[C@@]4(C)CC[C@H](OC(=O)/C=C/c5ccccc5)C(C)(C)[C@@H]4CC[C@]32C)C1C. The maximum Gasteiger partial charge on any atom is 0.331 e. The van der Waals surface area contributed by atoms with E-state index in [-0.39, 0.29) is 17.5 Å². The van der Waals surface area contributed by atoms with E-state index >= 15 is 0 Å². The average Bonchev–Trinajstić information content (AvgIpc) is 2.84. The summed E-state index contributed by atoms with van der Waals surface area (Å²) in [5.74, 6) is 3.79. The summed E-state index contributed by atoms with van der Waals surface area (Å²) < 4.78 is 6.19. The monoisotopic (exact) mass is 490 g/mol. The molecule has 1 aromatic rings. The Morgan fingerprint density at radius 3 is 2.25 bits per heavy atom. The highest BCUT2D eigenvalue weighted by Crippen LogP contribution is 2.74. The highest BCUT2D eigenvalue weighted by atomic mass is 16.5. The summed E-state index contributed by atoms with van der Waals surface area (Å²) in [6.07, 6.45) is 13.9. The van der Waals surface area contributed by atoms with Gasteiger partial charge in [-0.1, -0.05) is 78.8 Å². The lowest BCUT2D eigenvalue weighted by molar-refractivity contribution is -0.242. The van der Waals surface area contributed by atoms with E-state index in [0.29, 0.717) is 22.2 Å². The molecule has 0 aromatic heterocycles. The number of hydrogen-bond donors (Lipinski definition) is 0. The Morgan fingerprint density at radius 2 is 1.53 bits per heavy atom. The molecule has 5 rings (SSSR count). The first-order chi connectivity index (χ1) is 16.9. The molecule has 4 fully saturated rings. The van der Waals surface area contributed by atoms with Crippen molar-refractivity contribution in [2.75, 3.05) is 0 Å². The van der Waals surface area contributed by atoms with Gasteiger partial charge in [0.1, 0.15) is 6.10 Å². The Labute approximate surface area is 220 Å². The molecule has 198 valence electrons. The van der Waals surface area contributed by atoms with Crippen LogP contribution >= 0.6 is 0 Å². The zero-order valence-corrected chi connectivity index (χ0v) is 24.0. The maximum atomic E-state index is 12.8. The number of hydrogen-bond acceptors (Lipinski definition) is 2. The summed E-state index contributed by atoms with van der Waals surface area (Å²) in [6.45, 7) is 17.9. The summed E-state index contributed by atoms with van der Waals surface area (Å²) in [5, 5.41) is 0. The van der Waals surface area contributed by atoms with E-state index in [1.165, 1.54) is 44.9 Å². The third-order valence-electron chi connectivity index (χ3n) is 13.0. The average molecular weight is 491 g/mol. The van der Waals surface area contributed by atoms with Gasteiger partial charge in [0, 0.05) is 11.5 Å². The van der Waals surface area contributed by atoms with Crippen molar-refractivity contribution in [1.82, 2.24) is 0 Å². The molecule has 0 N–H and O–H groups in total. The molecule has 0 radical (unpaired) electrons. The molecule has 2 heteroatoms. The first-order valence-corrected chi connectivity index (χ1v) is 14.9. The van der Waals surface area contributed by atoms with E-state index in [2.05, 4.69) is 48.5 Å².